The molecule has 1 rings (SSSR count). The van der Waals surface area contributed by atoms with E-state index in [4.69, 9.17) is 0 Å². The number of rotatable bonds is 4. The average molecular weight is 303 g/mol. The molecular weight excluding hydrogens is 291 g/mol. The van der Waals surface area contributed by atoms with Gasteiger partial charge >= 0.3 is 12.4 Å². The number of halogens is 7. The highest BCUT2D eigenvalue weighted by Gasteiger charge is 2.59. The normalized spacial score (nSPS) is 14.7. The lowest BCUT2D eigenvalue weighted by molar-refractivity contribution is -0.291. The van der Waals surface area contributed by atoms with Crippen LogP contribution in [0.25, 0.3) is 0 Å². The molecule has 1 N–H and O–H groups in total. The number of hydrogen-bond acceptors (Lipinski definition) is 1. The molecule has 20 heavy (non-hydrogen) atoms. The van der Waals surface area contributed by atoms with Crippen molar-refractivity contribution in [2.24, 2.45) is 5.92 Å². The Morgan fingerprint density at radius 2 is 1.50 bits per heavy atom. The largest absolute Gasteiger partial charge is 0.402 e. The maximum absolute atomic E-state index is 13.4. The van der Waals surface area contributed by atoms with Crippen molar-refractivity contribution in [3.05, 3.63) is 35.6 Å². The summed E-state index contributed by atoms with van der Waals surface area (Å²) in [6, 6.07) is 2.80. The van der Waals surface area contributed by atoms with Crippen molar-refractivity contribution >= 4 is 0 Å². The van der Waals surface area contributed by atoms with E-state index >= 15 is 0 Å². The second-order valence-corrected chi connectivity index (χ2v) is 4.25. The van der Waals surface area contributed by atoms with E-state index in [2.05, 4.69) is 0 Å². The highest BCUT2D eigenvalue weighted by Crippen LogP contribution is 2.42. The third kappa shape index (κ3) is 4.09. The quantitative estimate of drug-likeness (QED) is 0.836. The van der Waals surface area contributed by atoms with E-state index in [0.717, 1.165) is 19.2 Å². The molecule has 0 aliphatic carbocycles. The maximum Gasteiger partial charge on any atom is 0.402 e. The van der Waals surface area contributed by atoms with Gasteiger partial charge in [-0.15, -0.1) is 0 Å². The van der Waals surface area contributed by atoms with Gasteiger partial charge in [0.1, 0.15) is 5.82 Å². The fourth-order valence-corrected chi connectivity index (χ4v) is 1.93. The molecule has 0 amide bonds. The summed E-state index contributed by atoms with van der Waals surface area (Å²) in [4.78, 5) is 0. The summed E-state index contributed by atoms with van der Waals surface area (Å²) in [5, 5.41) is 1.98. The minimum Gasteiger partial charge on any atom is -0.316 e. The highest BCUT2D eigenvalue weighted by atomic mass is 19.4. The summed E-state index contributed by atoms with van der Waals surface area (Å²) >= 11 is 0. The third-order valence-electron chi connectivity index (χ3n) is 2.88. The summed E-state index contributed by atoms with van der Waals surface area (Å²) in [6.07, 6.45) is -11.6. The molecule has 0 aliphatic rings. The third-order valence-corrected chi connectivity index (χ3v) is 2.88. The Kier molecular flexibility index (Phi) is 5.01. The average Bonchev–Trinajstić information content (AvgIpc) is 2.27. The molecule has 0 spiro atoms. The van der Waals surface area contributed by atoms with Gasteiger partial charge in [-0.1, -0.05) is 18.2 Å². The van der Waals surface area contributed by atoms with E-state index in [0.29, 0.717) is 0 Å². The van der Waals surface area contributed by atoms with Crippen LogP contribution in [0.3, 0.4) is 0 Å². The van der Waals surface area contributed by atoms with E-state index in [1.54, 1.807) is 0 Å². The zero-order valence-electron chi connectivity index (χ0n) is 10.3. The zero-order valence-corrected chi connectivity index (χ0v) is 10.3. The van der Waals surface area contributed by atoms with Gasteiger partial charge in [-0.05, 0) is 25.1 Å². The molecule has 1 unspecified atom stereocenters. The first-order chi connectivity index (χ1) is 9.07. The molecular formula is C12H12F7N. The van der Waals surface area contributed by atoms with Crippen LogP contribution in [-0.2, 0) is 6.42 Å². The first-order valence-corrected chi connectivity index (χ1v) is 5.61. The van der Waals surface area contributed by atoms with Crippen LogP contribution in [0.5, 0.6) is 0 Å². The first-order valence-electron chi connectivity index (χ1n) is 5.61. The Balaban J connectivity index is 3.07. The fourth-order valence-electron chi connectivity index (χ4n) is 1.93. The molecule has 1 aromatic carbocycles. The van der Waals surface area contributed by atoms with Gasteiger partial charge in [0.25, 0.3) is 0 Å². The Morgan fingerprint density at radius 3 is 1.90 bits per heavy atom. The Labute approximate surface area is 110 Å². The molecule has 0 radical (unpaired) electrons. The van der Waals surface area contributed by atoms with Crippen LogP contribution in [-0.4, -0.2) is 25.4 Å². The molecule has 0 saturated carbocycles. The smallest absolute Gasteiger partial charge is 0.316 e. The lowest BCUT2D eigenvalue weighted by Crippen LogP contribution is -2.51. The standard InChI is InChI=1S/C12H12F7N/c1-20-9(6-7-4-2-3-5-8(7)13)10(11(14,15)16)12(17,18)19/h2-5,9-10,20H,6H2,1H3. The van der Waals surface area contributed by atoms with Gasteiger partial charge in [-0.3, -0.25) is 0 Å². The number of hydrogen-bond donors (Lipinski definition) is 1. The summed E-state index contributed by atoms with van der Waals surface area (Å²) in [7, 11) is 0.982. The predicted molar refractivity (Wildman–Crippen MR) is 58.6 cm³/mol. The van der Waals surface area contributed by atoms with Crippen LogP contribution in [0.15, 0.2) is 24.3 Å². The molecule has 0 aliphatic heterocycles. The van der Waals surface area contributed by atoms with E-state index in [1.165, 1.54) is 12.1 Å². The Morgan fingerprint density at radius 1 is 1.00 bits per heavy atom. The van der Waals surface area contributed by atoms with E-state index in [9.17, 15) is 30.7 Å². The second-order valence-electron chi connectivity index (χ2n) is 4.25. The first kappa shape index (κ1) is 16.7. The summed E-state index contributed by atoms with van der Waals surface area (Å²) in [6.45, 7) is 0. The summed E-state index contributed by atoms with van der Waals surface area (Å²) in [5.74, 6) is -4.39. The minimum absolute atomic E-state index is 0.203. The van der Waals surface area contributed by atoms with Crippen LogP contribution < -0.4 is 5.32 Å². The Bertz CT molecular complexity index is 424. The van der Waals surface area contributed by atoms with Gasteiger partial charge in [-0.2, -0.15) is 26.3 Å². The summed E-state index contributed by atoms with van der Waals surface area (Å²) in [5.41, 5.74) is -0.203. The van der Waals surface area contributed by atoms with Gasteiger partial charge in [0, 0.05) is 6.04 Å². The highest BCUT2D eigenvalue weighted by molar-refractivity contribution is 5.19. The molecule has 0 heterocycles. The lowest BCUT2D eigenvalue weighted by Gasteiger charge is -2.30. The Hall–Kier alpha value is -1.31. The van der Waals surface area contributed by atoms with Crippen molar-refractivity contribution in [3.8, 4) is 0 Å². The van der Waals surface area contributed by atoms with Crippen molar-refractivity contribution in [1.82, 2.24) is 5.32 Å². The second kappa shape index (κ2) is 5.99. The number of benzene rings is 1. The van der Waals surface area contributed by atoms with Gasteiger partial charge in [-0.25, -0.2) is 4.39 Å². The van der Waals surface area contributed by atoms with E-state index < -0.39 is 36.6 Å². The number of alkyl halides is 6. The molecule has 0 saturated heterocycles. The number of likely N-dealkylation sites (N-methyl/N-ethyl adjacent to an activating group) is 1. The maximum atomic E-state index is 13.4. The van der Waals surface area contributed by atoms with Gasteiger partial charge in [0.15, 0.2) is 5.92 Å². The number of nitrogens with one attached hydrogen (secondary N) is 1. The van der Waals surface area contributed by atoms with Crippen LogP contribution >= 0.6 is 0 Å². The molecule has 1 aromatic rings. The fraction of sp³-hybridized carbons (Fsp3) is 0.500. The van der Waals surface area contributed by atoms with Crippen LogP contribution in [0.4, 0.5) is 30.7 Å². The molecule has 0 aromatic heterocycles. The van der Waals surface area contributed by atoms with Crippen molar-refractivity contribution < 1.29 is 30.7 Å². The SMILES string of the molecule is CNC(Cc1ccccc1F)C(C(F)(F)F)C(F)(F)F. The van der Waals surface area contributed by atoms with E-state index in [-0.39, 0.29) is 5.56 Å². The van der Waals surface area contributed by atoms with Crippen molar-refractivity contribution in [3.63, 3.8) is 0 Å². The van der Waals surface area contributed by atoms with Crippen LogP contribution in [0, 0.1) is 11.7 Å². The minimum atomic E-state index is -5.46. The molecule has 0 fully saturated rings. The van der Waals surface area contributed by atoms with Crippen molar-refractivity contribution in [2.45, 2.75) is 24.8 Å². The van der Waals surface area contributed by atoms with Crippen LogP contribution in [0.2, 0.25) is 0 Å². The van der Waals surface area contributed by atoms with Crippen molar-refractivity contribution in [1.29, 1.82) is 0 Å². The van der Waals surface area contributed by atoms with Crippen molar-refractivity contribution in [2.75, 3.05) is 7.05 Å². The monoisotopic (exact) mass is 303 g/mol. The van der Waals surface area contributed by atoms with Gasteiger partial charge < -0.3 is 5.32 Å². The van der Waals surface area contributed by atoms with Gasteiger partial charge in [0.2, 0.25) is 0 Å². The molecule has 0 bridgehead atoms. The van der Waals surface area contributed by atoms with E-state index in [1.807, 2.05) is 5.32 Å². The molecule has 8 heteroatoms. The summed E-state index contributed by atoms with van der Waals surface area (Å²) < 4.78 is 89.0. The molecule has 1 nitrogen and oxygen atoms in total. The molecule has 1 atom stereocenters. The van der Waals surface area contributed by atoms with Gasteiger partial charge in [0.05, 0.1) is 0 Å². The topological polar surface area (TPSA) is 12.0 Å². The predicted octanol–water partition coefficient (Wildman–Crippen LogP) is 3.70. The zero-order chi connectivity index (χ0) is 15.6. The lowest BCUT2D eigenvalue weighted by atomic mass is 9.92. The molecule has 114 valence electrons. The van der Waals surface area contributed by atoms with Crippen LogP contribution in [0.1, 0.15) is 5.56 Å².